The minimum atomic E-state index is 0.158. The molecule has 2 fully saturated rings. The number of hydrogen-bond acceptors (Lipinski definition) is 3. The second-order valence-corrected chi connectivity index (χ2v) is 8.30. The molecule has 0 aromatic heterocycles. The molecule has 4 heteroatoms. The predicted octanol–water partition coefficient (Wildman–Crippen LogP) is 3.33. The molecule has 2 rings (SSSR count). The smallest absolute Gasteiger partial charge is 0.222 e. The summed E-state index contributed by atoms with van der Waals surface area (Å²) in [7, 11) is 0. The highest BCUT2D eigenvalue weighted by Gasteiger charge is 2.42. The zero-order chi connectivity index (χ0) is 14.8. The molecule has 1 saturated heterocycles. The monoisotopic (exact) mass is 297 g/mol. The molecule has 2 aliphatic rings. The molecule has 0 aromatic rings. The maximum Gasteiger partial charge on any atom is 0.222 e. The molecule has 1 saturated carbocycles. The van der Waals surface area contributed by atoms with Gasteiger partial charge in [0.15, 0.2) is 5.12 Å². The Morgan fingerprint density at radius 2 is 2.15 bits per heavy atom. The Bertz CT molecular complexity index is 377. The van der Waals surface area contributed by atoms with Gasteiger partial charge in [-0.05, 0) is 36.5 Å². The Morgan fingerprint density at radius 3 is 2.65 bits per heavy atom. The first kappa shape index (κ1) is 15.9. The van der Waals surface area contributed by atoms with Gasteiger partial charge in [-0.25, -0.2) is 0 Å². The summed E-state index contributed by atoms with van der Waals surface area (Å²) in [4.78, 5) is 25.3. The maximum atomic E-state index is 12.2. The lowest BCUT2D eigenvalue weighted by Gasteiger charge is -2.45. The lowest BCUT2D eigenvalue weighted by molar-refractivity contribution is -0.130. The number of rotatable bonds is 6. The third-order valence-electron chi connectivity index (χ3n) is 4.60. The van der Waals surface area contributed by atoms with Crippen molar-refractivity contribution >= 4 is 22.8 Å². The summed E-state index contributed by atoms with van der Waals surface area (Å²) in [6.07, 6.45) is 5.75. The summed E-state index contributed by atoms with van der Waals surface area (Å²) < 4.78 is 0. The molecule has 0 radical (unpaired) electrons. The Hall–Kier alpha value is -0.510. The molecule has 1 unspecified atom stereocenters. The quantitative estimate of drug-likeness (QED) is 0.754. The van der Waals surface area contributed by atoms with Crippen LogP contribution in [-0.2, 0) is 9.59 Å². The predicted molar refractivity (Wildman–Crippen MR) is 83.6 cm³/mol. The van der Waals surface area contributed by atoms with Gasteiger partial charge < -0.3 is 4.90 Å². The Morgan fingerprint density at radius 1 is 1.45 bits per heavy atom. The highest BCUT2D eigenvalue weighted by molar-refractivity contribution is 8.13. The summed E-state index contributed by atoms with van der Waals surface area (Å²) in [6.45, 7) is 7.96. The summed E-state index contributed by atoms with van der Waals surface area (Å²) >= 11 is 1.36. The average Bonchev–Trinajstić information content (AvgIpc) is 2.64. The van der Waals surface area contributed by atoms with Crippen LogP contribution in [0, 0.1) is 17.3 Å². The van der Waals surface area contributed by atoms with Crippen LogP contribution in [0.4, 0.5) is 0 Å². The summed E-state index contributed by atoms with van der Waals surface area (Å²) in [5.41, 5.74) is 0.395. The molecule has 0 spiro atoms. The normalized spacial score (nSPS) is 25.1. The van der Waals surface area contributed by atoms with Gasteiger partial charge in [0, 0.05) is 32.2 Å². The Labute approximate surface area is 126 Å². The van der Waals surface area contributed by atoms with Crippen molar-refractivity contribution in [2.75, 3.05) is 18.8 Å². The van der Waals surface area contributed by atoms with E-state index in [0.717, 1.165) is 18.8 Å². The number of thioether (sulfide) groups is 1. The van der Waals surface area contributed by atoms with E-state index in [9.17, 15) is 9.59 Å². The fourth-order valence-electron chi connectivity index (χ4n) is 3.73. The molecule has 1 heterocycles. The van der Waals surface area contributed by atoms with E-state index in [-0.39, 0.29) is 5.12 Å². The highest BCUT2D eigenvalue weighted by atomic mass is 32.2. The van der Waals surface area contributed by atoms with Gasteiger partial charge in [-0.15, -0.1) is 0 Å². The topological polar surface area (TPSA) is 37.4 Å². The van der Waals surface area contributed by atoms with Crippen LogP contribution in [0.2, 0.25) is 0 Å². The molecular weight excluding hydrogens is 270 g/mol. The molecule has 1 amide bonds. The summed E-state index contributed by atoms with van der Waals surface area (Å²) in [5.74, 6) is 2.17. The van der Waals surface area contributed by atoms with Gasteiger partial charge in [0.1, 0.15) is 0 Å². The molecule has 0 N–H and O–H groups in total. The molecule has 1 aliphatic carbocycles. The van der Waals surface area contributed by atoms with E-state index in [1.807, 2.05) is 0 Å². The second kappa shape index (κ2) is 6.50. The van der Waals surface area contributed by atoms with Crippen molar-refractivity contribution < 1.29 is 9.59 Å². The molecule has 1 atom stereocenters. The lowest BCUT2D eigenvalue weighted by Crippen LogP contribution is -2.43. The van der Waals surface area contributed by atoms with Crippen molar-refractivity contribution in [3.8, 4) is 0 Å². The van der Waals surface area contributed by atoms with Gasteiger partial charge in [0.25, 0.3) is 0 Å². The fourth-order valence-corrected chi connectivity index (χ4v) is 4.42. The Balaban J connectivity index is 1.86. The van der Waals surface area contributed by atoms with Gasteiger partial charge in [0.05, 0.1) is 0 Å². The number of hydrogen-bond donors (Lipinski definition) is 0. The van der Waals surface area contributed by atoms with E-state index < -0.39 is 0 Å². The zero-order valence-electron chi connectivity index (χ0n) is 13.0. The molecular formula is C16H27NO2S. The van der Waals surface area contributed by atoms with E-state index in [4.69, 9.17) is 0 Å². The fraction of sp³-hybridized carbons (Fsp3) is 0.875. The number of likely N-dealkylation sites (tertiary alicyclic amines) is 1. The third kappa shape index (κ3) is 4.00. The van der Waals surface area contributed by atoms with Crippen LogP contribution < -0.4 is 0 Å². The maximum absolute atomic E-state index is 12.2. The van der Waals surface area contributed by atoms with Gasteiger partial charge in [-0.1, -0.05) is 32.0 Å². The average molecular weight is 297 g/mol. The second-order valence-electron chi connectivity index (χ2n) is 7.10. The SMILES string of the molecule is CC(=O)SCC1CC(=O)N(CC2(CC(C)C)CCC2)C1. The van der Waals surface area contributed by atoms with Crippen molar-refractivity contribution in [3.63, 3.8) is 0 Å². The van der Waals surface area contributed by atoms with Crippen molar-refractivity contribution in [1.82, 2.24) is 4.90 Å². The molecule has 0 bridgehead atoms. The van der Waals surface area contributed by atoms with E-state index in [0.29, 0.717) is 29.6 Å². The number of nitrogens with zero attached hydrogens (tertiary/aromatic N) is 1. The first-order chi connectivity index (χ1) is 9.40. The molecule has 114 valence electrons. The van der Waals surface area contributed by atoms with Crippen LogP contribution in [0.15, 0.2) is 0 Å². The minimum absolute atomic E-state index is 0.158. The summed E-state index contributed by atoms with van der Waals surface area (Å²) in [6, 6.07) is 0. The van der Waals surface area contributed by atoms with Gasteiger partial charge >= 0.3 is 0 Å². The first-order valence-corrected chi connectivity index (χ1v) is 8.80. The van der Waals surface area contributed by atoms with E-state index in [2.05, 4.69) is 18.7 Å². The van der Waals surface area contributed by atoms with Crippen LogP contribution >= 0.6 is 11.8 Å². The van der Waals surface area contributed by atoms with Crippen LogP contribution in [-0.4, -0.2) is 34.8 Å². The number of carbonyl (C=O) groups is 2. The van der Waals surface area contributed by atoms with Crippen LogP contribution in [0.3, 0.4) is 0 Å². The van der Waals surface area contributed by atoms with Gasteiger partial charge in [-0.2, -0.15) is 0 Å². The standard InChI is InChI=1S/C16H27NO2S/c1-12(2)8-16(5-4-6-16)11-17-9-14(7-15(17)19)10-20-13(3)18/h12,14H,4-11H2,1-3H3. The molecule has 20 heavy (non-hydrogen) atoms. The summed E-state index contributed by atoms with van der Waals surface area (Å²) in [5, 5.41) is 0.158. The highest BCUT2D eigenvalue weighted by Crippen LogP contribution is 2.47. The molecule has 0 aromatic carbocycles. The molecule has 3 nitrogen and oxygen atoms in total. The van der Waals surface area contributed by atoms with Crippen molar-refractivity contribution in [3.05, 3.63) is 0 Å². The van der Waals surface area contributed by atoms with E-state index in [1.165, 1.54) is 37.4 Å². The van der Waals surface area contributed by atoms with Crippen molar-refractivity contribution in [2.45, 2.75) is 52.9 Å². The number of carbonyl (C=O) groups excluding carboxylic acids is 2. The van der Waals surface area contributed by atoms with Crippen molar-refractivity contribution in [2.24, 2.45) is 17.3 Å². The van der Waals surface area contributed by atoms with Gasteiger partial charge in [0.2, 0.25) is 5.91 Å². The van der Waals surface area contributed by atoms with Crippen molar-refractivity contribution in [1.29, 1.82) is 0 Å². The molecule has 1 aliphatic heterocycles. The minimum Gasteiger partial charge on any atom is -0.342 e. The van der Waals surface area contributed by atoms with Gasteiger partial charge in [-0.3, -0.25) is 9.59 Å². The zero-order valence-corrected chi connectivity index (χ0v) is 13.8. The van der Waals surface area contributed by atoms with Crippen LogP contribution in [0.1, 0.15) is 52.9 Å². The Kier molecular flexibility index (Phi) is 5.16. The first-order valence-electron chi connectivity index (χ1n) is 7.81. The van der Waals surface area contributed by atoms with Crippen LogP contribution in [0.25, 0.3) is 0 Å². The third-order valence-corrected chi connectivity index (χ3v) is 5.64. The van der Waals surface area contributed by atoms with E-state index >= 15 is 0 Å². The largest absolute Gasteiger partial charge is 0.342 e. The number of amides is 1. The lowest BCUT2D eigenvalue weighted by atomic mass is 9.64. The van der Waals surface area contributed by atoms with E-state index in [1.54, 1.807) is 6.92 Å². The van der Waals surface area contributed by atoms with Crippen LogP contribution in [0.5, 0.6) is 0 Å².